The van der Waals surface area contributed by atoms with Gasteiger partial charge in [-0.3, -0.25) is 0 Å². The van der Waals surface area contributed by atoms with E-state index in [1.165, 1.54) is 12.8 Å². The molecule has 2 atom stereocenters. The third-order valence-corrected chi connectivity index (χ3v) is 2.02. The first-order chi connectivity index (χ1) is 4.38. The second-order valence-electron chi connectivity index (χ2n) is 2.53. The third kappa shape index (κ3) is 1.33. The molecule has 0 aromatic carbocycles. The van der Waals surface area contributed by atoms with Gasteiger partial charge in [0, 0.05) is 6.61 Å². The van der Waals surface area contributed by atoms with Crippen LogP contribution in [0.3, 0.4) is 0 Å². The maximum Gasteiger partial charge on any atom is 0.0782 e. The highest BCUT2D eigenvalue weighted by molar-refractivity contribution is 4.88. The minimum atomic E-state index is 0.343. The normalized spacial score (nSPS) is 34.8. The zero-order chi connectivity index (χ0) is 6.69. The van der Waals surface area contributed by atoms with Gasteiger partial charge in [0.05, 0.1) is 6.10 Å². The van der Waals surface area contributed by atoms with Gasteiger partial charge in [-0.15, -0.1) is 6.58 Å². The van der Waals surface area contributed by atoms with E-state index < -0.39 is 0 Å². The van der Waals surface area contributed by atoms with Crippen molar-refractivity contribution in [2.45, 2.75) is 25.9 Å². The van der Waals surface area contributed by atoms with Crippen molar-refractivity contribution < 1.29 is 4.74 Å². The SMILES string of the molecule is C=CC1OCCC1CC. The fraction of sp³-hybridized carbons (Fsp3) is 0.750. The van der Waals surface area contributed by atoms with Crippen LogP contribution in [0.25, 0.3) is 0 Å². The highest BCUT2D eigenvalue weighted by Gasteiger charge is 2.23. The van der Waals surface area contributed by atoms with Crippen molar-refractivity contribution in [1.82, 2.24) is 0 Å². The van der Waals surface area contributed by atoms with Gasteiger partial charge in [0.25, 0.3) is 0 Å². The van der Waals surface area contributed by atoms with Crippen LogP contribution >= 0.6 is 0 Å². The van der Waals surface area contributed by atoms with E-state index in [2.05, 4.69) is 13.5 Å². The van der Waals surface area contributed by atoms with Gasteiger partial charge in [0.1, 0.15) is 0 Å². The molecule has 0 aliphatic carbocycles. The average molecular weight is 126 g/mol. The molecule has 1 fully saturated rings. The fourth-order valence-electron chi connectivity index (χ4n) is 1.35. The Morgan fingerprint density at radius 2 is 2.56 bits per heavy atom. The van der Waals surface area contributed by atoms with Gasteiger partial charge in [-0.05, 0) is 12.3 Å². The third-order valence-electron chi connectivity index (χ3n) is 2.02. The van der Waals surface area contributed by atoms with Crippen molar-refractivity contribution in [3.05, 3.63) is 12.7 Å². The predicted molar refractivity (Wildman–Crippen MR) is 38.3 cm³/mol. The Kier molecular flexibility index (Phi) is 2.29. The molecular formula is C8H14O. The molecule has 1 nitrogen and oxygen atoms in total. The average Bonchev–Trinajstić information content (AvgIpc) is 2.33. The van der Waals surface area contributed by atoms with E-state index in [9.17, 15) is 0 Å². The topological polar surface area (TPSA) is 9.23 Å². The van der Waals surface area contributed by atoms with E-state index in [1.807, 2.05) is 6.08 Å². The summed E-state index contributed by atoms with van der Waals surface area (Å²) in [6.45, 7) is 6.85. The molecule has 1 heterocycles. The molecule has 1 heteroatoms. The quantitative estimate of drug-likeness (QED) is 0.514. The van der Waals surface area contributed by atoms with Crippen LogP contribution in [0.2, 0.25) is 0 Å². The summed E-state index contributed by atoms with van der Waals surface area (Å²) in [5, 5.41) is 0. The molecule has 0 bridgehead atoms. The van der Waals surface area contributed by atoms with Crippen LogP contribution in [0, 0.1) is 5.92 Å². The first-order valence-electron chi connectivity index (χ1n) is 3.62. The number of ether oxygens (including phenoxy) is 1. The largest absolute Gasteiger partial charge is 0.374 e. The lowest BCUT2D eigenvalue weighted by Crippen LogP contribution is -2.10. The molecule has 52 valence electrons. The first-order valence-corrected chi connectivity index (χ1v) is 3.62. The minimum Gasteiger partial charge on any atom is -0.374 e. The molecule has 0 spiro atoms. The molecule has 2 unspecified atom stereocenters. The summed E-state index contributed by atoms with van der Waals surface area (Å²) >= 11 is 0. The summed E-state index contributed by atoms with van der Waals surface area (Å²) in [6.07, 6.45) is 4.69. The van der Waals surface area contributed by atoms with Crippen LogP contribution < -0.4 is 0 Å². The standard InChI is InChI=1S/C8H14O/c1-3-7-5-6-9-8(7)4-2/h4,7-8H,2-3,5-6H2,1H3. The molecule has 0 aromatic heterocycles. The zero-order valence-electron chi connectivity index (χ0n) is 5.97. The van der Waals surface area contributed by atoms with E-state index in [0.29, 0.717) is 6.10 Å². The van der Waals surface area contributed by atoms with E-state index >= 15 is 0 Å². The number of hydrogen-bond acceptors (Lipinski definition) is 1. The first kappa shape index (κ1) is 6.81. The summed E-state index contributed by atoms with van der Waals surface area (Å²) in [4.78, 5) is 0. The van der Waals surface area contributed by atoms with Crippen molar-refractivity contribution in [1.29, 1.82) is 0 Å². The van der Waals surface area contributed by atoms with Gasteiger partial charge in [-0.1, -0.05) is 19.4 Å². The molecule has 1 aliphatic rings. The van der Waals surface area contributed by atoms with Gasteiger partial charge < -0.3 is 4.74 Å². The molecule has 0 amide bonds. The Morgan fingerprint density at radius 1 is 1.78 bits per heavy atom. The lowest BCUT2D eigenvalue weighted by molar-refractivity contribution is 0.127. The Hall–Kier alpha value is -0.300. The molecule has 0 saturated carbocycles. The van der Waals surface area contributed by atoms with Gasteiger partial charge >= 0.3 is 0 Å². The van der Waals surface area contributed by atoms with Gasteiger partial charge in [0.15, 0.2) is 0 Å². The van der Waals surface area contributed by atoms with Crippen molar-refractivity contribution in [2.24, 2.45) is 5.92 Å². The van der Waals surface area contributed by atoms with Crippen LogP contribution in [0.15, 0.2) is 12.7 Å². The molecule has 9 heavy (non-hydrogen) atoms. The Bertz CT molecular complexity index is 98.7. The maximum atomic E-state index is 5.39. The van der Waals surface area contributed by atoms with E-state index in [-0.39, 0.29) is 0 Å². The van der Waals surface area contributed by atoms with Crippen molar-refractivity contribution in [2.75, 3.05) is 6.61 Å². The lowest BCUT2D eigenvalue weighted by Gasteiger charge is -2.10. The van der Waals surface area contributed by atoms with Crippen LogP contribution in [0.4, 0.5) is 0 Å². The monoisotopic (exact) mass is 126 g/mol. The summed E-state index contributed by atoms with van der Waals surface area (Å²) < 4.78 is 5.39. The van der Waals surface area contributed by atoms with E-state index in [0.717, 1.165) is 12.5 Å². The summed E-state index contributed by atoms with van der Waals surface area (Å²) in [6, 6.07) is 0. The van der Waals surface area contributed by atoms with Crippen LogP contribution in [-0.2, 0) is 4.74 Å². The molecule has 0 aromatic rings. The highest BCUT2D eigenvalue weighted by atomic mass is 16.5. The predicted octanol–water partition coefficient (Wildman–Crippen LogP) is 1.99. The second kappa shape index (κ2) is 3.02. The minimum absolute atomic E-state index is 0.343. The second-order valence-corrected chi connectivity index (χ2v) is 2.53. The van der Waals surface area contributed by atoms with Crippen LogP contribution in [-0.4, -0.2) is 12.7 Å². The molecule has 1 saturated heterocycles. The van der Waals surface area contributed by atoms with E-state index in [1.54, 1.807) is 0 Å². The van der Waals surface area contributed by atoms with Crippen LogP contribution in [0.1, 0.15) is 19.8 Å². The van der Waals surface area contributed by atoms with E-state index in [4.69, 9.17) is 4.74 Å². The van der Waals surface area contributed by atoms with Crippen molar-refractivity contribution in [3.63, 3.8) is 0 Å². The Balaban J connectivity index is 2.41. The Morgan fingerprint density at radius 3 is 3.00 bits per heavy atom. The molecule has 1 rings (SSSR count). The molecule has 0 N–H and O–H groups in total. The smallest absolute Gasteiger partial charge is 0.0782 e. The number of hydrogen-bond donors (Lipinski definition) is 0. The van der Waals surface area contributed by atoms with Gasteiger partial charge in [-0.2, -0.15) is 0 Å². The number of rotatable bonds is 2. The zero-order valence-corrected chi connectivity index (χ0v) is 5.97. The highest BCUT2D eigenvalue weighted by Crippen LogP contribution is 2.23. The maximum absolute atomic E-state index is 5.39. The van der Waals surface area contributed by atoms with Crippen LogP contribution in [0.5, 0.6) is 0 Å². The molecule has 1 aliphatic heterocycles. The molecule has 0 radical (unpaired) electrons. The van der Waals surface area contributed by atoms with Crippen molar-refractivity contribution in [3.8, 4) is 0 Å². The Labute approximate surface area is 56.7 Å². The molecular weight excluding hydrogens is 112 g/mol. The van der Waals surface area contributed by atoms with Gasteiger partial charge in [-0.25, -0.2) is 0 Å². The fourth-order valence-corrected chi connectivity index (χ4v) is 1.35. The summed E-state index contributed by atoms with van der Waals surface area (Å²) in [5.74, 6) is 0.738. The summed E-state index contributed by atoms with van der Waals surface area (Å²) in [7, 11) is 0. The van der Waals surface area contributed by atoms with Crippen molar-refractivity contribution >= 4 is 0 Å². The lowest BCUT2D eigenvalue weighted by atomic mass is 9.99. The summed E-state index contributed by atoms with van der Waals surface area (Å²) in [5.41, 5.74) is 0. The van der Waals surface area contributed by atoms with Gasteiger partial charge in [0.2, 0.25) is 0 Å².